The lowest BCUT2D eigenvalue weighted by atomic mass is 10.1. The highest BCUT2D eigenvalue weighted by Gasteiger charge is 2.18. The zero-order valence-electron chi connectivity index (χ0n) is 11.4. The number of nitro groups is 1. The first-order chi connectivity index (χ1) is 10.1. The lowest BCUT2D eigenvalue weighted by molar-refractivity contribution is -0.384. The van der Waals surface area contributed by atoms with Crippen molar-refractivity contribution in [3.8, 4) is 0 Å². The number of aliphatic hydroxyl groups excluding tert-OH is 1. The standard InChI is InChI=1S/C13H15N5O3/c1-14-13-16-7-10(18(20)21)12(17-13)15-8-11(19)9-5-3-2-4-6-9/h2-7,11,19H,8H2,1H3,(H2,14,15,16,17). The van der Waals surface area contributed by atoms with Gasteiger partial charge in [0.2, 0.25) is 11.8 Å². The maximum atomic E-state index is 10.9. The van der Waals surface area contributed by atoms with E-state index >= 15 is 0 Å². The number of hydrogen-bond donors (Lipinski definition) is 3. The molecule has 0 amide bonds. The van der Waals surface area contributed by atoms with Crippen LogP contribution in [0, 0.1) is 10.1 Å². The van der Waals surface area contributed by atoms with Crippen molar-refractivity contribution >= 4 is 17.5 Å². The van der Waals surface area contributed by atoms with Crippen LogP contribution in [-0.4, -0.2) is 33.6 Å². The number of aliphatic hydroxyl groups is 1. The quantitative estimate of drug-likeness (QED) is 0.546. The van der Waals surface area contributed by atoms with Gasteiger partial charge in [0.25, 0.3) is 0 Å². The Labute approximate surface area is 121 Å². The summed E-state index contributed by atoms with van der Waals surface area (Å²) in [6.45, 7) is 0.102. The summed E-state index contributed by atoms with van der Waals surface area (Å²) in [5.41, 5.74) is 0.477. The van der Waals surface area contributed by atoms with Crippen molar-refractivity contribution in [2.45, 2.75) is 6.10 Å². The molecular weight excluding hydrogens is 274 g/mol. The molecule has 1 aromatic carbocycles. The maximum absolute atomic E-state index is 10.9. The van der Waals surface area contributed by atoms with Gasteiger partial charge in [0.05, 0.1) is 11.0 Å². The first-order valence-electron chi connectivity index (χ1n) is 6.28. The van der Waals surface area contributed by atoms with Crippen molar-refractivity contribution in [3.63, 3.8) is 0 Å². The SMILES string of the molecule is CNc1ncc([N+](=O)[O-])c(NCC(O)c2ccccc2)n1. The third-order valence-electron chi connectivity index (χ3n) is 2.84. The molecule has 0 saturated heterocycles. The third-order valence-corrected chi connectivity index (χ3v) is 2.84. The Balaban J connectivity index is 2.13. The van der Waals surface area contributed by atoms with E-state index in [4.69, 9.17) is 0 Å². The average molecular weight is 289 g/mol. The zero-order chi connectivity index (χ0) is 15.2. The van der Waals surface area contributed by atoms with Crippen LogP contribution in [0.4, 0.5) is 17.5 Å². The van der Waals surface area contributed by atoms with Gasteiger partial charge in [-0.25, -0.2) is 4.98 Å². The predicted octanol–water partition coefficient (Wildman–Crippen LogP) is 1.57. The Morgan fingerprint density at radius 3 is 2.71 bits per heavy atom. The predicted molar refractivity (Wildman–Crippen MR) is 78.1 cm³/mol. The molecule has 2 aromatic rings. The highest BCUT2D eigenvalue weighted by Crippen LogP contribution is 2.23. The molecule has 0 radical (unpaired) electrons. The van der Waals surface area contributed by atoms with E-state index in [0.29, 0.717) is 0 Å². The van der Waals surface area contributed by atoms with E-state index in [1.165, 1.54) is 0 Å². The van der Waals surface area contributed by atoms with Crippen LogP contribution >= 0.6 is 0 Å². The van der Waals surface area contributed by atoms with Crippen LogP contribution in [-0.2, 0) is 0 Å². The molecule has 0 aliphatic heterocycles. The normalized spacial score (nSPS) is 11.7. The van der Waals surface area contributed by atoms with Gasteiger partial charge in [-0.15, -0.1) is 0 Å². The van der Waals surface area contributed by atoms with Crippen LogP contribution in [0.1, 0.15) is 11.7 Å². The van der Waals surface area contributed by atoms with E-state index in [1.54, 1.807) is 19.2 Å². The van der Waals surface area contributed by atoms with E-state index in [0.717, 1.165) is 11.8 Å². The van der Waals surface area contributed by atoms with Crippen molar-refractivity contribution in [3.05, 3.63) is 52.2 Å². The number of anilines is 2. The van der Waals surface area contributed by atoms with Gasteiger partial charge >= 0.3 is 5.69 Å². The molecule has 1 heterocycles. The molecule has 1 atom stereocenters. The molecule has 1 unspecified atom stereocenters. The van der Waals surface area contributed by atoms with Crippen LogP contribution in [0.25, 0.3) is 0 Å². The first-order valence-corrected chi connectivity index (χ1v) is 6.28. The van der Waals surface area contributed by atoms with Crippen LogP contribution in [0.5, 0.6) is 0 Å². The molecule has 0 saturated carbocycles. The molecule has 0 aliphatic rings. The Kier molecular flexibility index (Phi) is 4.62. The van der Waals surface area contributed by atoms with Crippen LogP contribution in [0.3, 0.4) is 0 Å². The van der Waals surface area contributed by atoms with E-state index in [2.05, 4.69) is 20.6 Å². The summed E-state index contributed by atoms with van der Waals surface area (Å²) in [5.74, 6) is 0.326. The summed E-state index contributed by atoms with van der Waals surface area (Å²) in [4.78, 5) is 18.2. The van der Waals surface area contributed by atoms with Gasteiger partial charge in [-0.2, -0.15) is 4.98 Å². The smallest absolute Gasteiger partial charge is 0.329 e. The maximum Gasteiger partial charge on any atom is 0.329 e. The van der Waals surface area contributed by atoms with Gasteiger partial charge in [-0.3, -0.25) is 10.1 Å². The second kappa shape index (κ2) is 6.62. The molecule has 0 bridgehead atoms. The number of rotatable bonds is 6. The molecule has 2 rings (SSSR count). The topological polar surface area (TPSA) is 113 Å². The summed E-state index contributed by atoms with van der Waals surface area (Å²) < 4.78 is 0. The Hall–Kier alpha value is -2.74. The highest BCUT2D eigenvalue weighted by molar-refractivity contribution is 5.57. The summed E-state index contributed by atoms with van der Waals surface area (Å²) in [7, 11) is 1.61. The molecule has 0 fully saturated rings. The molecule has 0 aliphatic carbocycles. The van der Waals surface area contributed by atoms with Crippen LogP contribution in [0.15, 0.2) is 36.5 Å². The Bertz CT molecular complexity index is 620. The van der Waals surface area contributed by atoms with Gasteiger partial charge in [-0.05, 0) is 5.56 Å². The Morgan fingerprint density at radius 2 is 2.10 bits per heavy atom. The summed E-state index contributed by atoms with van der Waals surface area (Å²) in [6.07, 6.45) is 0.328. The van der Waals surface area contributed by atoms with Crippen molar-refractivity contribution in [1.29, 1.82) is 0 Å². The van der Waals surface area contributed by atoms with Crippen LogP contribution < -0.4 is 10.6 Å². The molecular formula is C13H15N5O3. The van der Waals surface area contributed by atoms with E-state index in [9.17, 15) is 15.2 Å². The van der Waals surface area contributed by atoms with E-state index < -0.39 is 11.0 Å². The Morgan fingerprint density at radius 1 is 1.38 bits per heavy atom. The second-order valence-corrected chi connectivity index (χ2v) is 4.24. The van der Waals surface area contributed by atoms with Crippen molar-refractivity contribution in [1.82, 2.24) is 9.97 Å². The first kappa shape index (κ1) is 14.7. The largest absolute Gasteiger partial charge is 0.387 e. The number of nitrogens with one attached hydrogen (secondary N) is 2. The molecule has 21 heavy (non-hydrogen) atoms. The van der Waals surface area contributed by atoms with Crippen molar-refractivity contribution in [2.24, 2.45) is 0 Å². The van der Waals surface area contributed by atoms with E-state index in [-0.39, 0.29) is 24.0 Å². The molecule has 110 valence electrons. The molecule has 3 N–H and O–H groups in total. The number of aromatic nitrogens is 2. The average Bonchev–Trinajstić information content (AvgIpc) is 2.52. The lowest BCUT2D eigenvalue weighted by Crippen LogP contribution is -2.15. The fraction of sp³-hybridized carbons (Fsp3) is 0.231. The molecule has 8 heteroatoms. The number of benzene rings is 1. The van der Waals surface area contributed by atoms with Gasteiger partial charge in [0.1, 0.15) is 6.20 Å². The minimum Gasteiger partial charge on any atom is -0.387 e. The monoisotopic (exact) mass is 289 g/mol. The fourth-order valence-electron chi connectivity index (χ4n) is 1.75. The molecule has 8 nitrogen and oxygen atoms in total. The van der Waals surface area contributed by atoms with Gasteiger partial charge in [-0.1, -0.05) is 30.3 Å². The van der Waals surface area contributed by atoms with Crippen LogP contribution in [0.2, 0.25) is 0 Å². The molecule has 0 spiro atoms. The molecule has 1 aromatic heterocycles. The lowest BCUT2D eigenvalue weighted by Gasteiger charge is -2.13. The zero-order valence-corrected chi connectivity index (χ0v) is 11.4. The van der Waals surface area contributed by atoms with Gasteiger partial charge < -0.3 is 15.7 Å². The van der Waals surface area contributed by atoms with Gasteiger partial charge in [0.15, 0.2) is 0 Å². The minimum absolute atomic E-state index is 0.0642. The number of hydrogen-bond acceptors (Lipinski definition) is 7. The second-order valence-electron chi connectivity index (χ2n) is 4.24. The summed E-state index contributed by atoms with van der Waals surface area (Å²) in [5, 5.41) is 26.5. The number of nitrogens with zero attached hydrogens (tertiary/aromatic N) is 3. The van der Waals surface area contributed by atoms with Crippen molar-refractivity contribution in [2.75, 3.05) is 24.2 Å². The third kappa shape index (κ3) is 3.63. The summed E-state index contributed by atoms with van der Waals surface area (Å²) in [6, 6.07) is 9.02. The fourth-order valence-corrected chi connectivity index (χ4v) is 1.75. The summed E-state index contributed by atoms with van der Waals surface area (Å²) >= 11 is 0. The van der Waals surface area contributed by atoms with Gasteiger partial charge in [0, 0.05) is 13.6 Å². The highest BCUT2D eigenvalue weighted by atomic mass is 16.6. The van der Waals surface area contributed by atoms with E-state index in [1.807, 2.05) is 18.2 Å². The van der Waals surface area contributed by atoms with Crippen molar-refractivity contribution < 1.29 is 10.0 Å². The minimum atomic E-state index is -0.793.